The minimum absolute atomic E-state index is 0.299. The Kier molecular flexibility index (Phi) is 6.03. The molecule has 1 aromatic rings. The van der Waals surface area contributed by atoms with Crippen LogP contribution in [-0.4, -0.2) is 45.0 Å². The van der Waals surface area contributed by atoms with Crippen LogP contribution in [0.4, 0.5) is 0 Å². The molecule has 1 rings (SSSR count). The molecule has 1 aromatic heterocycles. The van der Waals surface area contributed by atoms with Crippen LogP contribution in [0.5, 0.6) is 0 Å². The first kappa shape index (κ1) is 13.1. The van der Waals surface area contributed by atoms with Gasteiger partial charge in [0.15, 0.2) is 0 Å². The van der Waals surface area contributed by atoms with Gasteiger partial charge in [-0.05, 0) is 39.8 Å². The van der Waals surface area contributed by atoms with E-state index in [4.69, 9.17) is 5.11 Å². The number of hydrogen-bond donors (Lipinski definition) is 1. The molecule has 0 bridgehead atoms. The number of hydrogen-bond acceptors (Lipinski definition) is 4. The molecule has 1 N–H and O–H groups in total. The third-order valence-corrected chi connectivity index (χ3v) is 2.60. The normalized spacial score (nSPS) is 11.2. The minimum atomic E-state index is 0.299. The Morgan fingerprint density at radius 3 is 2.88 bits per heavy atom. The molecule has 0 unspecified atom stereocenters. The zero-order valence-electron chi connectivity index (χ0n) is 10.3. The van der Waals surface area contributed by atoms with Gasteiger partial charge in [0.25, 0.3) is 0 Å². The largest absolute Gasteiger partial charge is 0.396 e. The Morgan fingerprint density at radius 2 is 2.19 bits per heavy atom. The highest BCUT2D eigenvalue weighted by molar-refractivity contribution is 4.83. The molecule has 0 aliphatic carbocycles. The zero-order chi connectivity index (χ0) is 11.8. The van der Waals surface area contributed by atoms with Gasteiger partial charge in [-0.25, -0.2) is 9.67 Å². The number of aromatic nitrogens is 3. The van der Waals surface area contributed by atoms with Gasteiger partial charge in [-0.1, -0.05) is 0 Å². The fraction of sp³-hybridized carbons (Fsp3) is 0.818. The molecule has 1 heterocycles. The highest BCUT2D eigenvalue weighted by Gasteiger charge is 2.05. The van der Waals surface area contributed by atoms with Crippen LogP contribution in [0.2, 0.25) is 0 Å². The van der Waals surface area contributed by atoms with Crippen LogP contribution in [0.25, 0.3) is 0 Å². The summed E-state index contributed by atoms with van der Waals surface area (Å²) >= 11 is 0. The van der Waals surface area contributed by atoms with E-state index in [1.807, 2.05) is 4.68 Å². The quantitative estimate of drug-likeness (QED) is 0.669. The third-order valence-electron chi connectivity index (χ3n) is 2.60. The number of rotatable bonds is 8. The summed E-state index contributed by atoms with van der Waals surface area (Å²) in [6.07, 6.45) is 4.72. The van der Waals surface area contributed by atoms with E-state index in [0.717, 1.165) is 44.7 Å². The maximum atomic E-state index is 8.67. The lowest BCUT2D eigenvalue weighted by atomic mass is 10.2. The topological polar surface area (TPSA) is 54.2 Å². The highest BCUT2D eigenvalue weighted by atomic mass is 16.2. The van der Waals surface area contributed by atoms with Gasteiger partial charge in [0, 0.05) is 13.2 Å². The molecule has 0 aromatic carbocycles. The average molecular weight is 226 g/mol. The molecule has 92 valence electrons. The molecule has 0 amide bonds. The van der Waals surface area contributed by atoms with Gasteiger partial charge < -0.3 is 5.11 Å². The van der Waals surface area contributed by atoms with E-state index in [2.05, 4.69) is 29.0 Å². The zero-order valence-corrected chi connectivity index (χ0v) is 10.3. The fourth-order valence-electron chi connectivity index (χ4n) is 1.67. The van der Waals surface area contributed by atoms with E-state index in [0.29, 0.717) is 6.61 Å². The van der Waals surface area contributed by atoms with Crippen LogP contribution >= 0.6 is 0 Å². The summed E-state index contributed by atoms with van der Waals surface area (Å²) < 4.78 is 1.92. The molecule has 0 atom stereocenters. The van der Waals surface area contributed by atoms with Crippen molar-refractivity contribution in [2.45, 2.75) is 39.3 Å². The molecule has 0 saturated heterocycles. The van der Waals surface area contributed by atoms with Crippen molar-refractivity contribution in [1.29, 1.82) is 0 Å². The summed E-state index contributed by atoms with van der Waals surface area (Å²) in [5.74, 6) is 1.02. The lowest BCUT2D eigenvalue weighted by Gasteiger charge is -2.15. The first-order valence-corrected chi connectivity index (χ1v) is 5.94. The molecule has 5 nitrogen and oxygen atoms in total. The molecule has 0 aliphatic heterocycles. The van der Waals surface area contributed by atoms with E-state index >= 15 is 0 Å². The lowest BCUT2D eigenvalue weighted by molar-refractivity contribution is 0.268. The van der Waals surface area contributed by atoms with Gasteiger partial charge in [0.05, 0.1) is 6.54 Å². The van der Waals surface area contributed by atoms with E-state index in [1.54, 1.807) is 6.33 Å². The summed E-state index contributed by atoms with van der Waals surface area (Å²) in [5, 5.41) is 12.8. The third kappa shape index (κ3) is 4.28. The summed E-state index contributed by atoms with van der Waals surface area (Å²) in [7, 11) is 2.09. The molecule has 0 radical (unpaired) electrons. The second kappa shape index (κ2) is 7.35. The Morgan fingerprint density at radius 1 is 1.38 bits per heavy atom. The van der Waals surface area contributed by atoms with Gasteiger partial charge in [-0.2, -0.15) is 5.10 Å². The van der Waals surface area contributed by atoms with E-state index in [1.165, 1.54) is 0 Å². The summed E-state index contributed by atoms with van der Waals surface area (Å²) in [6, 6.07) is 0. The highest BCUT2D eigenvalue weighted by Crippen LogP contribution is 2.02. The molecular formula is C11H22N4O. The second-order valence-electron chi connectivity index (χ2n) is 4.01. The Labute approximate surface area is 97.1 Å². The fourth-order valence-corrected chi connectivity index (χ4v) is 1.67. The van der Waals surface area contributed by atoms with Crippen LogP contribution in [0.1, 0.15) is 32.0 Å². The van der Waals surface area contributed by atoms with Gasteiger partial charge in [-0.3, -0.25) is 4.90 Å². The van der Waals surface area contributed by atoms with Crippen molar-refractivity contribution < 1.29 is 5.11 Å². The van der Waals surface area contributed by atoms with Crippen molar-refractivity contribution in [3.63, 3.8) is 0 Å². The van der Waals surface area contributed by atoms with Crippen LogP contribution in [0, 0.1) is 0 Å². The average Bonchev–Trinajstić information content (AvgIpc) is 2.71. The van der Waals surface area contributed by atoms with Crippen LogP contribution in [0.3, 0.4) is 0 Å². The maximum absolute atomic E-state index is 8.67. The number of aryl methyl sites for hydroxylation is 1. The second-order valence-corrected chi connectivity index (χ2v) is 4.01. The van der Waals surface area contributed by atoms with Crippen molar-refractivity contribution in [1.82, 2.24) is 19.7 Å². The van der Waals surface area contributed by atoms with Crippen molar-refractivity contribution in [3.05, 3.63) is 12.2 Å². The van der Waals surface area contributed by atoms with Crippen molar-refractivity contribution in [3.8, 4) is 0 Å². The van der Waals surface area contributed by atoms with Gasteiger partial charge >= 0.3 is 0 Å². The summed E-state index contributed by atoms with van der Waals surface area (Å²) in [6.45, 7) is 5.12. The van der Waals surface area contributed by atoms with E-state index < -0.39 is 0 Å². The molecule has 5 heteroatoms. The minimum Gasteiger partial charge on any atom is -0.396 e. The molecule has 16 heavy (non-hydrogen) atoms. The predicted octanol–water partition coefficient (Wildman–Crippen LogP) is 0.892. The van der Waals surface area contributed by atoms with Crippen molar-refractivity contribution in [2.24, 2.45) is 0 Å². The predicted molar refractivity (Wildman–Crippen MR) is 63.0 cm³/mol. The smallest absolute Gasteiger partial charge is 0.140 e. The van der Waals surface area contributed by atoms with E-state index in [-0.39, 0.29) is 0 Å². The van der Waals surface area contributed by atoms with E-state index in [9.17, 15) is 0 Å². The number of unbranched alkanes of at least 4 members (excludes halogenated alkanes) is 2. The first-order valence-electron chi connectivity index (χ1n) is 5.94. The standard InChI is InChI=1S/C11H22N4O/c1-3-15-11(12-10-13-15)9-14(2)7-5-4-6-8-16/h10,16H,3-9H2,1-2H3. The molecule has 0 saturated carbocycles. The molecular weight excluding hydrogens is 204 g/mol. The van der Waals surface area contributed by atoms with Crippen LogP contribution in [-0.2, 0) is 13.1 Å². The Balaban J connectivity index is 2.25. The number of aliphatic hydroxyl groups excluding tert-OH is 1. The number of aliphatic hydroxyl groups is 1. The van der Waals surface area contributed by atoms with Gasteiger partial charge in [0.1, 0.15) is 12.2 Å². The molecule has 0 fully saturated rings. The van der Waals surface area contributed by atoms with Gasteiger partial charge in [-0.15, -0.1) is 0 Å². The first-order chi connectivity index (χ1) is 7.77. The van der Waals surface area contributed by atoms with Crippen molar-refractivity contribution in [2.75, 3.05) is 20.2 Å². The van der Waals surface area contributed by atoms with Crippen LogP contribution < -0.4 is 0 Å². The Bertz CT molecular complexity index is 287. The monoisotopic (exact) mass is 226 g/mol. The molecule has 0 spiro atoms. The summed E-state index contributed by atoms with van der Waals surface area (Å²) in [5.41, 5.74) is 0. The summed E-state index contributed by atoms with van der Waals surface area (Å²) in [4.78, 5) is 6.49. The van der Waals surface area contributed by atoms with Crippen LogP contribution in [0.15, 0.2) is 6.33 Å². The molecule has 0 aliphatic rings. The lowest BCUT2D eigenvalue weighted by Crippen LogP contribution is -2.22. The van der Waals surface area contributed by atoms with Gasteiger partial charge in [0.2, 0.25) is 0 Å². The van der Waals surface area contributed by atoms with Crippen molar-refractivity contribution >= 4 is 0 Å². The SMILES string of the molecule is CCn1ncnc1CN(C)CCCCCO. The maximum Gasteiger partial charge on any atom is 0.140 e. The number of nitrogens with zero attached hydrogens (tertiary/aromatic N) is 4. The Hall–Kier alpha value is -0.940.